The quantitative estimate of drug-likeness (QED) is 0.810. The molecule has 0 aliphatic carbocycles. The summed E-state index contributed by atoms with van der Waals surface area (Å²) in [5, 5.41) is 3.50. The molecule has 0 radical (unpaired) electrons. The van der Waals surface area contributed by atoms with E-state index < -0.39 is 0 Å². The minimum atomic E-state index is 0.342. The summed E-state index contributed by atoms with van der Waals surface area (Å²) in [6, 6.07) is 2.18. The topological polar surface area (TPSA) is 37.4 Å². The van der Waals surface area contributed by atoms with Gasteiger partial charge in [-0.15, -0.1) is 0 Å². The molecule has 1 aliphatic heterocycles. The van der Waals surface area contributed by atoms with Gasteiger partial charge in [-0.25, -0.2) is 4.98 Å². The van der Waals surface area contributed by atoms with Gasteiger partial charge in [0.2, 0.25) is 0 Å². The van der Waals surface area contributed by atoms with Gasteiger partial charge in [-0.2, -0.15) is 0 Å². The van der Waals surface area contributed by atoms with Crippen LogP contribution >= 0.6 is 0 Å². The highest BCUT2D eigenvalue weighted by Crippen LogP contribution is 2.26. The first-order valence-electron chi connectivity index (χ1n) is 7.61. The van der Waals surface area contributed by atoms with E-state index in [2.05, 4.69) is 37.1 Å². The highest BCUT2D eigenvalue weighted by Gasteiger charge is 2.25. The van der Waals surface area contributed by atoms with Crippen LogP contribution in [0, 0.1) is 13.8 Å². The third-order valence-corrected chi connectivity index (χ3v) is 3.96. The lowest BCUT2D eigenvalue weighted by Crippen LogP contribution is -2.26. The van der Waals surface area contributed by atoms with E-state index in [4.69, 9.17) is 9.72 Å². The predicted molar refractivity (Wildman–Crippen MR) is 83.3 cm³/mol. The number of rotatable bonds is 6. The molecule has 1 aliphatic rings. The SMILES string of the molecule is CCCNCc1c(C)cc(C)nc1N1CCC(OC)C1. The number of aryl methyl sites for hydroxylation is 2. The van der Waals surface area contributed by atoms with Gasteiger partial charge < -0.3 is 15.0 Å². The van der Waals surface area contributed by atoms with Crippen molar-refractivity contribution in [3.63, 3.8) is 0 Å². The number of hydrogen-bond acceptors (Lipinski definition) is 4. The lowest BCUT2D eigenvalue weighted by atomic mass is 10.1. The summed E-state index contributed by atoms with van der Waals surface area (Å²) in [6.45, 7) is 10.4. The van der Waals surface area contributed by atoms with Crippen molar-refractivity contribution in [2.75, 3.05) is 31.6 Å². The molecule has 4 heteroatoms. The largest absolute Gasteiger partial charge is 0.380 e. The van der Waals surface area contributed by atoms with Crippen molar-refractivity contribution in [1.29, 1.82) is 0 Å². The monoisotopic (exact) mass is 277 g/mol. The van der Waals surface area contributed by atoms with Crippen LogP contribution in [0.25, 0.3) is 0 Å². The Morgan fingerprint density at radius 2 is 2.25 bits per heavy atom. The van der Waals surface area contributed by atoms with Crippen molar-refractivity contribution in [2.24, 2.45) is 0 Å². The summed E-state index contributed by atoms with van der Waals surface area (Å²) in [4.78, 5) is 7.17. The van der Waals surface area contributed by atoms with Gasteiger partial charge in [-0.3, -0.25) is 0 Å². The van der Waals surface area contributed by atoms with E-state index in [1.165, 1.54) is 11.1 Å². The lowest BCUT2D eigenvalue weighted by molar-refractivity contribution is 0.121. The number of hydrogen-bond donors (Lipinski definition) is 1. The van der Waals surface area contributed by atoms with E-state index in [9.17, 15) is 0 Å². The molecule has 1 aromatic rings. The zero-order valence-corrected chi connectivity index (χ0v) is 13.2. The zero-order valence-electron chi connectivity index (χ0n) is 13.2. The summed E-state index contributed by atoms with van der Waals surface area (Å²) < 4.78 is 5.48. The van der Waals surface area contributed by atoms with Gasteiger partial charge >= 0.3 is 0 Å². The molecule has 0 aromatic carbocycles. The van der Waals surface area contributed by atoms with Crippen molar-refractivity contribution in [3.05, 3.63) is 22.9 Å². The molecule has 4 nitrogen and oxygen atoms in total. The molecule has 0 saturated carbocycles. The molecule has 1 atom stereocenters. The molecule has 1 aromatic heterocycles. The van der Waals surface area contributed by atoms with E-state index in [0.29, 0.717) is 6.10 Å². The van der Waals surface area contributed by atoms with E-state index in [0.717, 1.165) is 50.5 Å². The number of anilines is 1. The second-order valence-corrected chi connectivity index (χ2v) is 5.65. The minimum Gasteiger partial charge on any atom is -0.380 e. The van der Waals surface area contributed by atoms with Crippen molar-refractivity contribution in [1.82, 2.24) is 10.3 Å². The third-order valence-electron chi connectivity index (χ3n) is 3.96. The predicted octanol–water partition coefficient (Wildman–Crippen LogP) is 2.42. The van der Waals surface area contributed by atoms with Crippen LogP contribution in [0.15, 0.2) is 6.07 Å². The molecule has 0 bridgehead atoms. The molecule has 1 unspecified atom stereocenters. The first-order chi connectivity index (χ1) is 9.65. The summed E-state index contributed by atoms with van der Waals surface area (Å²) >= 11 is 0. The first kappa shape index (κ1) is 15.3. The van der Waals surface area contributed by atoms with Crippen molar-refractivity contribution in [3.8, 4) is 0 Å². The highest BCUT2D eigenvalue weighted by atomic mass is 16.5. The molecular formula is C16H27N3O. The Morgan fingerprint density at radius 1 is 1.45 bits per heavy atom. The molecule has 2 rings (SSSR count). The third kappa shape index (κ3) is 3.49. The molecule has 1 saturated heterocycles. The fourth-order valence-electron chi connectivity index (χ4n) is 2.83. The van der Waals surface area contributed by atoms with Crippen LogP contribution in [0.2, 0.25) is 0 Å². The molecule has 2 heterocycles. The molecule has 0 amide bonds. The van der Waals surface area contributed by atoms with Crippen LogP contribution in [0.4, 0.5) is 5.82 Å². The normalized spacial score (nSPS) is 18.8. The number of nitrogens with zero attached hydrogens (tertiary/aromatic N) is 2. The van der Waals surface area contributed by atoms with Crippen LogP contribution in [0.1, 0.15) is 36.6 Å². The van der Waals surface area contributed by atoms with Gasteiger partial charge in [0, 0.05) is 38.0 Å². The van der Waals surface area contributed by atoms with Crippen LogP contribution in [-0.4, -0.2) is 37.8 Å². The van der Waals surface area contributed by atoms with Gasteiger partial charge in [0.15, 0.2) is 0 Å². The average Bonchev–Trinajstić information content (AvgIpc) is 2.89. The van der Waals surface area contributed by atoms with E-state index in [-0.39, 0.29) is 0 Å². The summed E-state index contributed by atoms with van der Waals surface area (Å²) in [5.41, 5.74) is 3.76. The number of methoxy groups -OCH3 is 1. The van der Waals surface area contributed by atoms with Crippen LogP contribution in [0.5, 0.6) is 0 Å². The molecule has 112 valence electrons. The lowest BCUT2D eigenvalue weighted by Gasteiger charge is -2.23. The molecule has 0 spiro atoms. The molecular weight excluding hydrogens is 250 g/mol. The van der Waals surface area contributed by atoms with Crippen LogP contribution in [0.3, 0.4) is 0 Å². The maximum Gasteiger partial charge on any atom is 0.133 e. The Morgan fingerprint density at radius 3 is 2.90 bits per heavy atom. The molecule has 1 N–H and O–H groups in total. The van der Waals surface area contributed by atoms with Crippen molar-refractivity contribution >= 4 is 5.82 Å². The van der Waals surface area contributed by atoms with Crippen LogP contribution < -0.4 is 10.2 Å². The van der Waals surface area contributed by atoms with Crippen LogP contribution in [-0.2, 0) is 11.3 Å². The Labute approximate surface area is 122 Å². The number of pyridine rings is 1. The smallest absolute Gasteiger partial charge is 0.133 e. The van der Waals surface area contributed by atoms with E-state index in [1.54, 1.807) is 7.11 Å². The summed E-state index contributed by atoms with van der Waals surface area (Å²) in [7, 11) is 1.80. The van der Waals surface area contributed by atoms with Gasteiger partial charge in [-0.05, 0) is 44.9 Å². The Balaban J connectivity index is 2.21. The summed E-state index contributed by atoms with van der Waals surface area (Å²) in [6.07, 6.45) is 2.59. The second kappa shape index (κ2) is 7.04. The van der Waals surface area contributed by atoms with E-state index in [1.807, 2.05) is 0 Å². The standard InChI is InChI=1S/C16H27N3O/c1-5-7-17-10-15-12(2)9-13(3)18-16(15)19-8-6-14(11-19)20-4/h9,14,17H,5-8,10-11H2,1-4H3. The minimum absolute atomic E-state index is 0.342. The highest BCUT2D eigenvalue weighted by molar-refractivity contribution is 5.52. The fourth-order valence-corrected chi connectivity index (χ4v) is 2.83. The zero-order chi connectivity index (χ0) is 14.5. The van der Waals surface area contributed by atoms with Gasteiger partial charge in [0.05, 0.1) is 6.10 Å². The van der Waals surface area contributed by atoms with Gasteiger partial charge in [0.1, 0.15) is 5.82 Å². The van der Waals surface area contributed by atoms with Crippen molar-refractivity contribution in [2.45, 2.75) is 46.3 Å². The second-order valence-electron chi connectivity index (χ2n) is 5.65. The number of ether oxygens (including phenoxy) is 1. The average molecular weight is 277 g/mol. The Hall–Kier alpha value is -1.13. The maximum absolute atomic E-state index is 5.48. The Kier molecular flexibility index (Phi) is 5.38. The molecule has 1 fully saturated rings. The number of nitrogens with one attached hydrogen (secondary N) is 1. The fraction of sp³-hybridized carbons (Fsp3) is 0.688. The summed E-state index contributed by atoms with van der Waals surface area (Å²) in [5.74, 6) is 1.14. The number of aromatic nitrogens is 1. The maximum atomic E-state index is 5.48. The van der Waals surface area contributed by atoms with Crippen molar-refractivity contribution < 1.29 is 4.74 Å². The Bertz CT molecular complexity index is 448. The van der Waals surface area contributed by atoms with E-state index >= 15 is 0 Å². The molecule has 20 heavy (non-hydrogen) atoms. The van der Waals surface area contributed by atoms with Gasteiger partial charge in [-0.1, -0.05) is 6.92 Å². The van der Waals surface area contributed by atoms with Gasteiger partial charge in [0.25, 0.3) is 0 Å². The first-order valence-corrected chi connectivity index (χ1v) is 7.61.